The number of hydrogen-bond acceptors (Lipinski definition) is 4. The standard InChI is InChI=1S/C19H13BrClIN2O4/c1-2-28-16-14(20)8-10(9-15(16)22)7-13-17(25)23-19(27)24(18(13)26)12-5-3-11(21)4-6-12/h3-9H,2H2,1H3,(H,23,25,27)/b13-7+. The van der Waals surface area contributed by atoms with Crippen molar-refractivity contribution < 1.29 is 19.1 Å². The highest BCUT2D eigenvalue weighted by Crippen LogP contribution is 2.33. The molecule has 0 bridgehead atoms. The van der Waals surface area contributed by atoms with Crippen LogP contribution in [0.15, 0.2) is 46.4 Å². The van der Waals surface area contributed by atoms with Crippen molar-refractivity contribution >= 4 is 79.7 Å². The van der Waals surface area contributed by atoms with Crippen molar-refractivity contribution in [3.63, 3.8) is 0 Å². The molecule has 3 rings (SSSR count). The Kier molecular flexibility index (Phi) is 6.41. The molecule has 6 nitrogen and oxygen atoms in total. The van der Waals surface area contributed by atoms with Gasteiger partial charge in [-0.05, 0) is 93.5 Å². The van der Waals surface area contributed by atoms with E-state index in [9.17, 15) is 14.4 Å². The van der Waals surface area contributed by atoms with E-state index in [0.29, 0.717) is 33.1 Å². The molecule has 1 N–H and O–H groups in total. The number of urea groups is 1. The predicted octanol–water partition coefficient (Wildman–Crippen LogP) is 4.77. The van der Waals surface area contributed by atoms with E-state index in [2.05, 4.69) is 43.8 Å². The summed E-state index contributed by atoms with van der Waals surface area (Å²) in [6.07, 6.45) is 1.44. The van der Waals surface area contributed by atoms with Gasteiger partial charge in [0.1, 0.15) is 11.3 Å². The van der Waals surface area contributed by atoms with E-state index in [1.165, 1.54) is 18.2 Å². The molecule has 2 aromatic rings. The number of hydrogen-bond donors (Lipinski definition) is 1. The van der Waals surface area contributed by atoms with Crippen molar-refractivity contribution in [1.29, 1.82) is 0 Å². The summed E-state index contributed by atoms with van der Waals surface area (Å²) < 4.78 is 7.08. The van der Waals surface area contributed by atoms with Crippen LogP contribution in [-0.4, -0.2) is 24.5 Å². The molecule has 0 aromatic heterocycles. The lowest BCUT2D eigenvalue weighted by Gasteiger charge is -2.26. The maximum atomic E-state index is 12.9. The van der Waals surface area contributed by atoms with Gasteiger partial charge < -0.3 is 4.74 Å². The quantitative estimate of drug-likeness (QED) is 0.324. The fourth-order valence-electron chi connectivity index (χ4n) is 2.59. The summed E-state index contributed by atoms with van der Waals surface area (Å²) >= 11 is 11.4. The third-order valence-corrected chi connectivity index (χ3v) is 5.45. The van der Waals surface area contributed by atoms with E-state index in [-0.39, 0.29) is 5.57 Å². The van der Waals surface area contributed by atoms with Crippen LogP contribution in [0.1, 0.15) is 12.5 Å². The highest BCUT2D eigenvalue weighted by molar-refractivity contribution is 14.1. The van der Waals surface area contributed by atoms with Gasteiger partial charge in [-0.25, -0.2) is 9.69 Å². The van der Waals surface area contributed by atoms with Gasteiger partial charge in [0.25, 0.3) is 11.8 Å². The Hall–Kier alpha value is -1.91. The van der Waals surface area contributed by atoms with Crippen LogP contribution in [0.3, 0.4) is 0 Å². The molecular formula is C19H13BrClIN2O4. The molecule has 4 amide bonds. The first-order chi connectivity index (χ1) is 13.3. The van der Waals surface area contributed by atoms with Crippen LogP contribution in [0.25, 0.3) is 6.08 Å². The molecule has 0 aliphatic carbocycles. The summed E-state index contributed by atoms with van der Waals surface area (Å²) in [4.78, 5) is 38.3. The molecule has 0 spiro atoms. The van der Waals surface area contributed by atoms with E-state index < -0.39 is 17.8 Å². The summed E-state index contributed by atoms with van der Waals surface area (Å²) in [5.74, 6) is -0.779. The SMILES string of the molecule is CCOc1c(Br)cc(/C=C2\C(=O)NC(=O)N(c3ccc(Cl)cc3)C2=O)cc1I. The maximum absolute atomic E-state index is 12.9. The summed E-state index contributed by atoms with van der Waals surface area (Å²) in [5, 5.41) is 2.66. The second kappa shape index (κ2) is 8.62. The molecule has 0 unspecified atom stereocenters. The van der Waals surface area contributed by atoms with E-state index >= 15 is 0 Å². The second-order valence-electron chi connectivity index (χ2n) is 5.68. The maximum Gasteiger partial charge on any atom is 0.335 e. The smallest absolute Gasteiger partial charge is 0.335 e. The Labute approximate surface area is 188 Å². The van der Waals surface area contributed by atoms with Gasteiger partial charge >= 0.3 is 6.03 Å². The zero-order valence-corrected chi connectivity index (χ0v) is 19.0. The average Bonchev–Trinajstić information content (AvgIpc) is 2.63. The monoisotopic (exact) mass is 574 g/mol. The van der Waals surface area contributed by atoms with Gasteiger partial charge in [0, 0.05) is 5.02 Å². The number of carbonyl (C=O) groups excluding carboxylic acids is 3. The molecule has 2 aromatic carbocycles. The summed E-state index contributed by atoms with van der Waals surface area (Å²) in [7, 11) is 0. The van der Waals surface area contributed by atoms with Gasteiger partial charge in [-0.1, -0.05) is 11.6 Å². The number of nitrogens with one attached hydrogen (secondary N) is 1. The van der Waals surface area contributed by atoms with Gasteiger partial charge in [0.05, 0.1) is 20.3 Å². The first-order valence-electron chi connectivity index (χ1n) is 8.10. The lowest BCUT2D eigenvalue weighted by atomic mass is 10.1. The van der Waals surface area contributed by atoms with Crippen molar-refractivity contribution in [2.24, 2.45) is 0 Å². The zero-order valence-electron chi connectivity index (χ0n) is 14.5. The van der Waals surface area contributed by atoms with E-state index in [1.54, 1.807) is 24.3 Å². The van der Waals surface area contributed by atoms with E-state index in [4.69, 9.17) is 16.3 Å². The highest BCUT2D eigenvalue weighted by atomic mass is 127. The van der Waals surface area contributed by atoms with Crippen LogP contribution >= 0.6 is 50.1 Å². The Morgan fingerprint density at radius 3 is 2.50 bits per heavy atom. The molecule has 0 radical (unpaired) electrons. The minimum absolute atomic E-state index is 0.151. The third kappa shape index (κ3) is 4.23. The number of anilines is 1. The fourth-order valence-corrected chi connectivity index (χ4v) is 4.49. The zero-order chi connectivity index (χ0) is 20.4. The largest absolute Gasteiger partial charge is 0.492 e. The lowest BCUT2D eigenvalue weighted by Crippen LogP contribution is -2.54. The predicted molar refractivity (Wildman–Crippen MR) is 118 cm³/mol. The van der Waals surface area contributed by atoms with Gasteiger partial charge in [-0.15, -0.1) is 0 Å². The lowest BCUT2D eigenvalue weighted by molar-refractivity contribution is -0.122. The van der Waals surface area contributed by atoms with Gasteiger partial charge in [-0.3, -0.25) is 14.9 Å². The van der Waals surface area contributed by atoms with Crippen molar-refractivity contribution in [2.45, 2.75) is 6.92 Å². The summed E-state index contributed by atoms with van der Waals surface area (Å²) in [6, 6.07) is 8.90. The van der Waals surface area contributed by atoms with Crippen molar-refractivity contribution in [1.82, 2.24) is 5.32 Å². The number of halogens is 3. The normalized spacial score (nSPS) is 15.8. The fraction of sp³-hybridized carbons (Fsp3) is 0.105. The van der Waals surface area contributed by atoms with Gasteiger partial charge in [0.2, 0.25) is 0 Å². The number of imide groups is 2. The number of rotatable bonds is 4. The van der Waals surface area contributed by atoms with Crippen LogP contribution in [-0.2, 0) is 9.59 Å². The van der Waals surface area contributed by atoms with Crippen LogP contribution in [0.4, 0.5) is 10.5 Å². The van der Waals surface area contributed by atoms with Crippen LogP contribution in [0.5, 0.6) is 5.75 Å². The molecule has 1 aliphatic rings. The molecule has 1 saturated heterocycles. The van der Waals surface area contributed by atoms with E-state index in [0.717, 1.165) is 8.47 Å². The Morgan fingerprint density at radius 1 is 1.21 bits per heavy atom. The minimum atomic E-state index is -0.808. The average molecular weight is 576 g/mol. The molecule has 1 heterocycles. The molecule has 0 saturated carbocycles. The molecular weight excluding hydrogens is 562 g/mol. The molecule has 1 aliphatic heterocycles. The minimum Gasteiger partial charge on any atom is -0.492 e. The first-order valence-corrected chi connectivity index (χ1v) is 10.4. The van der Waals surface area contributed by atoms with Gasteiger partial charge in [0.15, 0.2) is 0 Å². The highest BCUT2D eigenvalue weighted by Gasteiger charge is 2.36. The number of amides is 4. The van der Waals surface area contributed by atoms with Crippen LogP contribution in [0.2, 0.25) is 5.02 Å². The Balaban J connectivity index is 2.00. The van der Waals surface area contributed by atoms with Gasteiger partial charge in [-0.2, -0.15) is 0 Å². The molecule has 28 heavy (non-hydrogen) atoms. The molecule has 0 atom stereocenters. The summed E-state index contributed by atoms with van der Waals surface area (Å²) in [6.45, 7) is 2.39. The van der Waals surface area contributed by atoms with E-state index in [1.807, 2.05) is 6.92 Å². The number of barbiturate groups is 1. The number of nitrogens with zero attached hydrogens (tertiary/aromatic N) is 1. The van der Waals surface area contributed by atoms with Crippen LogP contribution in [0, 0.1) is 3.57 Å². The Bertz CT molecular complexity index is 984. The first kappa shape index (κ1) is 20.8. The van der Waals surface area contributed by atoms with Crippen molar-refractivity contribution in [2.75, 3.05) is 11.5 Å². The summed E-state index contributed by atoms with van der Waals surface area (Å²) in [5.41, 5.74) is 0.776. The number of ether oxygens (including phenoxy) is 1. The Morgan fingerprint density at radius 2 is 1.89 bits per heavy atom. The molecule has 1 fully saturated rings. The molecule has 9 heteroatoms. The topological polar surface area (TPSA) is 75.7 Å². The second-order valence-corrected chi connectivity index (χ2v) is 8.13. The van der Waals surface area contributed by atoms with Crippen LogP contribution < -0.4 is 15.0 Å². The third-order valence-electron chi connectivity index (χ3n) is 3.81. The van der Waals surface area contributed by atoms with Crippen molar-refractivity contribution in [3.05, 3.63) is 60.6 Å². The number of carbonyl (C=O) groups is 3. The molecule has 144 valence electrons. The number of benzene rings is 2. The van der Waals surface area contributed by atoms with Crippen molar-refractivity contribution in [3.8, 4) is 5.75 Å².